The molecule has 0 bridgehead atoms. The van der Waals surface area contributed by atoms with Gasteiger partial charge in [-0.1, -0.05) is 18.2 Å². The van der Waals surface area contributed by atoms with Crippen molar-refractivity contribution in [3.05, 3.63) is 30.3 Å². The number of carbonyl (C=O) groups is 2. The molecule has 1 aliphatic rings. The normalized spacial score (nSPS) is 18.8. The van der Waals surface area contributed by atoms with Crippen LogP contribution in [0.1, 0.15) is 27.2 Å². The van der Waals surface area contributed by atoms with Crippen molar-refractivity contribution in [2.45, 2.75) is 38.9 Å². The van der Waals surface area contributed by atoms with Gasteiger partial charge in [0.25, 0.3) is 0 Å². The first-order valence-corrected chi connectivity index (χ1v) is 8.07. The summed E-state index contributed by atoms with van der Waals surface area (Å²) in [6, 6.07) is 9.13. The Kier molecular flexibility index (Phi) is 5.70. The third-order valence-electron chi connectivity index (χ3n) is 3.74. The topological polar surface area (TPSA) is 65.1 Å². The molecule has 0 spiro atoms. The van der Waals surface area contributed by atoms with Gasteiger partial charge in [-0.25, -0.2) is 9.59 Å². The molecule has 132 valence electrons. The first-order chi connectivity index (χ1) is 11.3. The number of hydrogen-bond acceptors (Lipinski definition) is 5. The number of benzene rings is 1. The van der Waals surface area contributed by atoms with E-state index in [1.54, 1.807) is 17.0 Å². The lowest BCUT2D eigenvalue weighted by molar-refractivity contribution is -0.151. The van der Waals surface area contributed by atoms with E-state index in [4.69, 9.17) is 14.2 Å². The van der Waals surface area contributed by atoms with Crippen molar-refractivity contribution < 1.29 is 23.8 Å². The monoisotopic (exact) mass is 335 g/mol. The number of rotatable bonds is 4. The van der Waals surface area contributed by atoms with E-state index in [2.05, 4.69) is 0 Å². The molecular weight excluding hydrogens is 310 g/mol. The summed E-state index contributed by atoms with van der Waals surface area (Å²) in [6.45, 7) is 6.42. The summed E-state index contributed by atoms with van der Waals surface area (Å²) in [4.78, 5) is 25.9. The van der Waals surface area contributed by atoms with Crippen LogP contribution >= 0.6 is 0 Å². The number of carbonyl (C=O) groups excluding carboxylic acids is 2. The average Bonchev–Trinajstić information content (AvgIpc) is 3.01. The lowest BCUT2D eigenvalue weighted by Gasteiger charge is -2.25. The Hall–Kier alpha value is -2.24. The first-order valence-electron chi connectivity index (χ1n) is 8.07. The molecule has 1 aromatic carbocycles. The average molecular weight is 335 g/mol. The number of likely N-dealkylation sites (tertiary alicyclic amines) is 1. The van der Waals surface area contributed by atoms with Gasteiger partial charge >= 0.3 is 12.1 Å². The molecule has 24 heavy (non-hydrogen) atoms. The van der Waals surface area contributed by atoms with Crippen LogP contribution in [0.15, 0.2) is 30.3 Å². The van der Waals surface area contributed by atoms with Crippen LogP contribution in [0.5, 0.6) is 5.75 Å². The molecule has 1 saturated heterocycles. The fourth-order valence-electron chi connectivity index (χ4n) is 2.63. The zero-order valence-corrected chi connectivity index (χ0v) is 14.7. The molecule has 1 heterocycles. The SMILES string of the molecule is COC(=O)C(Oc1ccccc1)C1CCN(C(=O)OC(C)(C)C)C1. The zero-order chi connectivity index (χ0) is 17.7. The van der Waals surface area contributed by atoms with Crippen molar-refractivity contribution in [3.8, 4) is 5.75 Å². The van der Waals surface area contributed by atoms with Gasteiger partial charge in [-0.15, -0.1) is 0 Å². The van der Waals surface area contributed by atoms with E-state index < -0.39 is 17.7 Å². The van der Waals surface area contributed by atoms with Crippen LogP contribution in [0.3, 0.4) is 0 Å². The summed E-state index contributed by atoms with van der Waals surface area (Å²) < 4.78 is 16.1. The number of ether oxygens (including phenoxy) is 3. The fraction of sp³-hybridized carbons (Fsp3) is 0.556. The van der Waals surface area contributed by atoms with E-state index in [0.717, 1.165) is 0 Å². The second-order valence-corrected chi connectivity index (χ2v) is 6.85. The van der Waals surface area contributed by atoms with Crippen LogP contribution < -0.4 is 4.74 Å². The van der Waals surface area contributed by atoms with Gasteiger partial charge in [-0.05, 0) is 39.3 Å². The first kappa shape index (κ1) is 18.1. The molecule has 1 aromatic rings. The number of methoxy groups -OCH3 is 1. The van der Waals surface area contributed by atoms with Crippen molar-refractivity contribution in [3.63, 3.8) is 0 Å². The van der Waals surface area contributed by atoms with Crippen LogP contribution in [0.2, 0.25) is 0 Å². The molecule has 1 fully saturated rings. The van der Waals surface area contributed by atoms with E-state index in [9.17, 15) is 9.59 Å². The minimum absolute atomic E-state index is 0.134. The smallest absolute Gasteiger partial charge is 0.410 e. The molecule has 0 N–H and O–H groups in total. The Morgan fingerprint density at radius 1 is 1.21 bits per heavy atom. The lowest BCUT2D eigenvalue weighted by atomic mass is 10.0. The summed E-state index contributed by atoms with van der Waals surface area (Å²) >= 11 is 0. The summed E-state index contributed by atoms with van der Waals surface area (Å²) in [5.74, 6) is 0.0312. The highest BCUT2D eigenvalue weighted by molar-refractivity contribution is 5.76. The summed E-state index contributed by atoms with van der Waals surface area (Å²) in [5, 5.41) is 0. The van der Waals surface area contributed by atoms with Gasteiger partial charge in [0.05, 0.1) is 7.11 Å². The van der Waals surface area contributed by atoms with E-state index >= 15 is 0 Å². The van der Waals surface area contributed by atoms with Crippen molar-refractivity contribution in [1.82, 2.24) is 4.90 Å². The quantitative estimate of drug-likeness (QED) is 0.792. The maximum absolute atomic E-state index is 12.2. The third-order valence-corrected chi connectivity index (χ3v) is 3.74. The maximum atomic E-state index is 12.2. The highest BCUT2D eigenvalue weighted by atomic mass is 16.6. The second-order valence-electron chi connectivity index (χ2n) is 6.85. The number of amides is 1. The van der Waals surface area contributed by atoms with E-state index in [1.807, 2.05) is 39.0 Å². The summed E-state index contributed by atoms with van der Waals surface area (Å²) in [7, 11) is 1.34. The minimum atomic E-state index is -0.746. The molecule has 6 nitrogen and oxygen atoms in total. The van der Waals surface area contributed by atoms with E-state index in [1.165, 1.54) is 7.11 Å². The van der Waals surface area contributed by atoms with Crippen molar-refractivity contribution in [2.75, 3.05) is 20.2 Å². The summed E-state index contributed by atoms with van der Waals surface area (Å²) in [6.07, 6.45) is -0.454. The number of para-hydroxylation sites is 1. The highest BCUT2D eigenvalue weighted by Crippen LogP contribution is 2.26. The molecule has 0 saturated carbocycles. The molecule has 2 atom stereocenters. The molecule has 2 rings (SSSR count). The van der Waals surface area contributed by atoms with E-state index in [0.29, 0.717) is 25.3 Å². The maximum Gasteiger partial charge on any atom is 0.410 e. The van der Waals surface area contributed by atoms with Crippen LogP contribution in [-0.4, -0.2) is 48.9 Å². The molecule has 1 amide bonds. The molecule has 0 aromatic heterocycles. The zero-order valence-electron chi connectivity index (χ0n) is 14.7. The molecule has 0 aliphatic carbocycles. The van der Waals surface area contributed by atoms with Gasteiger partial charge in [0, 0.05) is 19.0 Å². The van der Waals surface area contributed by atoms with Crippen LogP contribution in [-0.2, 0) is 14.3 Å². The Bertz CT molecular complexity index is 567. The van der Waals surface area contributed by atoms with Gasteiger partial charge in [0.2, 0.25) is 0 Å². The lowest BCUT2D eigenvalue weighted by Crippen LogP contribution is -2.40. The number of hydrogen-bond donors (Lipinski definition) is 0. The predicted molar refractivity (Wildman–Crippen MR) is 88.8 cm³/mol. The minimum Gasteiger partial charge on any atom is -0.478 e. The highest BCUT2D eigenvalue weighted by Gasteiger charge is 2.39. The van der Waals surface area contributed by atoms with E-state index in [-0.39, 0.29) is 12.0 Å². The summed E-state index contributed by atoms with van der Waals surface area (Å²) in [5.41, 5.74) is -0.544. The van der Waals surface area contributed by atoms with Crippen LogP contribution in [0.25, 0.3) is 0 Å². The molecule has 6 heteroatoms. The Morgan fingerprint density at radius 3 is 2.46 bits per heavy atom. The van der Waals surface area contributed by atoms with Gasteiger partial charge in [-0.3, -0.25) is 0 Å². The Balaban J connectivity index is 2.03. The van der Waals surface area contributed by atoms with Crippen LogP contribution in [0.4, 0.5) is 4.79 Å². The van der Waals surface area contributed by atoms with Crippen molar-refractivity contribution in [1.29, 1.82) is 0 Å². The van der Waals surface area contributed by atoms with Gasteiger partial charge in [0.1, 0.15) is 11.4 Å². The Labute approximate surface area is 142 Å². The fourth-order valence-corrected chi connectivity index (χ4v) is 2.63. The third kappa shape index (κ3) is 4.88. The molecule has 0 radical (unpaired) electrons. The largest absolute Gasteiger partial charge is 0.478 e. The van der Waals surface area contributed by atoms with Gasteiger partial charge < -0.3 is 19.1 Å². The Morgan fingerprint density at radius 2 is 1.88 bits per heavy atom. The van der Waals surface area contributed by atoms with Gasteiger partial charge in [-0.2, -0.15) is 0 Å². The van der Waals surface area contributed by atoms with Crippen molar-refractivity contribution >= 4 is 12.1 Å². The molecular formula is C18H25NO5. The number of esters is 1. The molecule has 2 unspecified atom stereocenters. The van der Waals surface area contributed by atoms with Crippen LogP contribution in [0, 0.1) is 5.92 Å². The van der Waals surface area contributed by atoms with Crippen molar-refractivity contribution in [2.24, 2.45) is 5.92 Å². The second kappa shape index (κ2) is 7.55. The predicted octanol–water partition coefficient (Wildman–Crippen LogP) is 2.86. The number of nitrogens with zero attached hydrogens (tertiary/aromatic N) is 1. The standard InChI is InChI=1S/C18H25NO5/c1-18(2,3)24-17(21)19-11-10-13(12-19)15(16(20)22-4)23-14-8-6-5-7-9-14/h5-9,13,15H,10-12H2,1-4H3. The molecule has 1 aliphatic heterocycles. The van der Waals surface area contributed by atoms with Gasteiger partial charge in [0.15, 0.2) is 6.10 Å².